The first-order valence-corrected chi connectivity index (χ1v) is 9.92. The second kappa shape index (κ2) is 7.27. The van der Waals surface area contributed by atoms with E-state index in [9.17, 15) is 15.2 Å². The van der Waals surface area contributed by atoms with Crippen molar-refractivity contribution in [1.29, 1.82) is 0 Å². The highest BCUT2D eigenvalue weighted by atomic mass is 16.8. The lowest BCUT2D eigenvalue weighted by Crippen LogP contribution is -2.99. The molecule has 2 N–H and O–H groups in total. The molecule has 1 saturated heterocycles. The molecule has 2 aliphatic rings. The average molecular weight is 393 g/mol. The molecule has 5 rings (SSSR count). The second-order valence-electron chi connectivity index (χ2n) is 8.01. The van der Waals surface area contributed by atoms with Crippen LogP contribution >= 0.6 is 0 Å². The third-order valence-corrected chi connectivity index (χ3v) is 6.02. The predicted octanol–water partition coefficient (Wildman–Crippen LogP) is 2.13. The Bertz CT molecular complexity index is 1090. The number of pyridine rings is 1. The third-order valence-electron chi connectivity index (χ3n) is 6.02. The lowest BCUT2D eigenvalue weighted by atomic mass is 9.83. The molecule has 7 nitrogen and oxygen atoms in total. The topological polar surface area (TPSA) is 86.1 Å². The van der Waals surface area contributed by atoms with Gasteiger partial charge in [-0.3, -0.25) is 9.69 Å². The van der Waals surface area contributed by atoms with Crippen molar-refractivity contribution >= 4 is 5.69 Å². The Morgan fingerprint density at radius 1 is 1.07 bits per heavy atom. The summed E-state index contributed by atoms with van der Waals surface area (Å²) in [4.78, 5) is 14.6. The van der Waals surface area contributed by atoms with Gasteiger partial charge in [-0.25, -0.2) is 5.21 Å². The zero-order valence-electron chi connectivity index (χ0n) is 16.0. The fourth-order valence-electron chi connectivity index (χ4n) is 4.84. The summed E-state index contributed by atoms with van der Waals surface area (Å²) in [7, 11) is 0. The van der Waals surface area contributed by atoms with Gasteiger partial charge in [0, 0.05) is 43.4 Å². The molecule has 2 aromatic heterocycles. The van der Waals surface area contributed by atoms with Crippen molar-refractivity contribution in [2.24, 2.45) is 5.92 Å². The first-order valence-electron chi connectivity index (χ1n) is 9.92. The van der Waals surface area contributed by atoms with Crippen molar-refractivity contribution in [1.82, 2.24) is 9.47 Å². The third kappa shape index (κ3) is 3.42. The van der Waals surface area contributed by atoms with E-state index in [0.717, 1.165) is 37.5 Å². The first-order chi connectivity index (χ1) is 14.1. The van der Waals surface area contributed by atoms with Crippen LogP contribution in [0.15, 0.2) is 63.8 Å². The van der Waals surface area contributed by atoms with Crippen LogP contribution in [0, 0.1) is 11.1 Å². The molecule has 4 heterocycles. The molecule has 3 unspecified atom stereocenters. The number of furan rings is 1. The zero-order valence-corrected chi connectivity index (χ0v) is 16.0. The lowest BCUT2D eigenvalue weighted by molar-refractivity contribution is -0.991. The SMILES string of the molecule is O=c1cccc2n1CC1CC2CN(Cc2ccc(-c3ccccc3[NH+]([O-])O)o2)C1. The van der Waals surface area contributed by atoms with E-state index in [-0.39, 0.29) is 11.2 Å². The van der Waals surface area contributed by atoms with Gasteiger partial charge >= 0.3 is 0 Å². The number of hydrogen-bond acceptors (Lipinski definition) is 5. The van der Waals surface area contributed by atoms with Crippen molar-refractivity contribution in [2.45, 2.75) is 25.4 Å². The fourth-order valence-corrected chi connectivity index (χ4v) is 4.84. The van der Waals surface area contributed by atoms with Crippen LogP contribution in [0.4, 0.5) is 5.69 Å². The predicted molar refractivity (Wildman–Crippen MR) is 107 cm³/mol. The normalized spacial score (nSPS) is 22.3. The van der Waals surface area contributed by atoms with Gasteiger partial charge in [0.05, 0.1) is 12.1 Å². The Balaban J connectivity index is 1.35. The van der Waals surface area contributed by atoms with E-state index in [1.807, 2.05) is 28.8 Å². The van der Waals surface area contributed by atoms with E-state index in [1.165, 1.54) is 0 Å². The molecule has 2 bridgehead atoms. The molecular weight excluding hydrogens is 370 g/mol. The molecule has 1 fully saturated rings. The second-order valence-corrected chi connectivity index (χ2v) is 8.01. The molecule has 3 aromatic rings. The minimum absolute atomic E-state index is 0.0958. The largest absolute Gasteiger partial charge is 0.595 e. The van der Waals surface area contributed by atoms with Crippen LogP contribution in [0.5, 0.6) is 0 Å². The first kappa shape index (κ1) is 18.3. The number of nitrogens with one attached hydrogen (secondary N) is 1. The van der Waals surface area contributed by atoms with Gasteiger partial charge < -0.3 is 14.2 Å². The van der Waals surface area contributed by atoms with Gasteiger partial charge in [0.25, 0.3) is 5.56 Å². The van der Waals surface area contributed by atoms with E-state index in [2.05, 4.69) is 11.0 Å². The van der Waals surface area contributed by atoms with Gasteiger partial charge in [0.15, 0.2) is 5.69 Å². The number of piperidine rings is 1. The number of benzene rings is 1. The molecule has 150 valence electrons. The minimum atomic E-state index is -0.962. The number of nitrogens with zero attached hydrogens (tertiary/aromatic N) is 2. The smallest absolute Gasteiger partial charge is 0.250 e. The van der Waals surface area contributed by atoms with Crippen molar-refractivity contribution in [3.05, 3.63) is 81.6 Å². The Morgan fingerprint density at radius 2 is 1.93 bits per heavy atom. The highest BCUT2D eigenvalue weighted by molar-refractivity contribution is 5.69. The molecule has 7 heteroatoms. The summed E-state index contributed by atoms with van der Waals surface area (Å²) in [5, 5.41) is 19.9. The Hall–Kier alpha value is -2.71. The Kier molecular flexibility index (Phi) is 4.60. The molecule has 0 aliphatic carbocycles. The van der Waals surface area contributed by atoms with E-state index in [4.69, 9.17) is 4.42 Å². The van der Waals surface area contributed by atoms with Crippen LogP contribution in [-0.4, -0.2) is 27.8 Å². The highest BCUT2D eigenvalue weighted by Crippen LogP contribution is 2.36. The molecule has 29 heavy (non-hydrogen) atoms. The number of likely N-dealkylation sites (tertiary alicyclic amines) is 1. The van der Waals surface area contributed by atoms with Crippen LogP contribution in [0.2, 0.25) is 0 Å². The van der Waals surface area contributed by atoms with Crippen LogP contribution in [0.25, 0.3) is 11.3 Å². The number of para-hydroxylation sites is 1. The molecule has 0 radical (unpaired) electrons. The van der Waals surface area contributed by atoms with Gasteiger partial charge in [-0.15, -0.1) is 0 Å². The molecule has 0 amide bonds. The van der Waals surface area contributed by atoms with E-state index in [0.29, 0.717) is 29.7 Å². The van der Waals surface area contributed by atoms with Gasteiger partial charge in [0.2, 0.25) is 0 Å². The van der Waals surface area contributed by atoms with Crippen molar-refractivity contribution in [3.8, 4) is 11.3 Å². The lowest BCUT2D eigenvalue weighted by Gasteiger charge is -2.42. The Labute approximate surface area is 167 Å². The van der Waals surface area contributed by atoms with Gasteiger partial charge in [-0.05, 0) is 36.6 Å². The number of hydrogen-bond donors (Lipinski definition) is 2. The molecule has 0 spiro atoms. The van der Waals surface area contributed by atoms with Crippen LogP contribution in [0.3, 0.4) is 0 Å². The number of fused-ring (bicyclic) bond motifs is 4. The molecule has 2 aliphatic heterocycles. The van der Waals surface area contributed by atoms with E-state index >= 15 is 0 Å². The number of quaternary nitrogens is 1. The summed E-state index contributed by atoms with van der Waals surface area (Å²) < 4.78 is 7.95. The van der Waals surface area contributed by atoms with Crippen LogP contribution < -0.4 is 10.8 Å². The summed E-state index contributed by atoms with van der Waals surface area (Å²) in [6, 6.07) is 16.2. The van der Waals surface area contributed by atoms with Crippen molar-refractivity contribution in [3.63, 3.8) is 0 Å². The van der Waals surface area contributed by atoms with E-state index < -0.39 is 5.23 Å². The Morgan fingerprint density at radius 3 is 2.79 bits per heavy atom. The maximum Gasteiger partial charge on any atom is 0.250 e. The average Bonchev–Trinajstić information content (AvgIpc) is 3.17. The summed E-state index contributed by atoms with van der Waals surface area (Å²) in [6.07, 6.45) is 1.12. The zero-order chi connectivity index (χ0) is 20.0. The minimum Gasteiger partial charge on any atom is -0.595 e. The van der Waals surface area contributed by atoms with E-state index in [1.54, 1.807) is 24.3 Å². The number of rotatable bonds is 4. The molecule has 0 saturated carbocycles. The highest BCUT2D eigenvalue weighted by Gasteiger charge is 2.34. The number of aromatic nitrogens is 1. The molecule has 1 aromatic carbocycles. The summed E-state index contributed by atoms with van der Waals surface area (Å²) in [6.45, 7) is 3.28. The monoisotopic (exact) mass is 393 g/mol. The standard InChI is InChI=1S/C22H23N3O4/c26-22-7-3-6-19-16-10-15(12-24(19)22)11-23(13-16)14-17-8-9-21(29-17)18-4-1-2-5-20(18)25(27)28/h1-9,15-16,25,27H,10-14H2. The van der Waals surface area contributed by atoms with Crippen molar-refractivity contribution in [2.75, 3.05) is 13.1 Å². The fraction of sp³-hybridized carbons (Fsp3) is 0.318. The van der Waals surface area contributed by atoms with Gasteiger partial charge in [0.1, 0.15) is 11.5 Å². The summed E-state index contributed by atoms with van der Waals surface area (Å²) in [5.41, 5.74) is 2.06. The van der Waals surface area contributed by atoms with Crippen LogP contribution in [0.1, 0.15) is 23.8 Å². The maximum atomic E-state index is 12.2. The quantitative estimate of drug-likeness (QED) is 0.664. The van der Waals surface area contributed by atoms with Crippen molar-refractivity contribution < 1.29 is 14.9 Å². The summed E-state index contributed by atoms with van der Waals surface area (Å²) >= 11 is 0. The summed E-state index contributed by atoms with van der Waals surface area (Å²) in [5.74, 6) is 2.22. The molecular formula is C22H23N3O4. The van der Waals surface area contributed by atoms with Gasteiger partial charge in [-0.2, -0.15) is 5.23 Å². The van der Waals surface area contributed by atoms with Crippen LogP contribution in [-0.2, 0) is 13.1 Å². The van der Waals surface area contributed by atoms with Gasteiger partial charge in [-0.1, -0.05) is 18.2 Å². The molecule has 3 atom stereocenters. The maximum absolute atomic E-state index is 12.2.